The van der Waals surface area contributed by atoms with Crippen LogP contribution in [0.2, 0.25) is 0 Å². The molecule has 146 valence electrons. The number of nitrogens with one attached hydrogen (secondary N) is 1. The van der Waals surface area contributed by atoms with Crippen molar-refractivity contribution in [3.8, 4) is 11.5 Å². The van der Waals surface area contributed by atoms with Crippen molar-refractivity contribution in [3.05, 3.63) is 53.1 Å². The van der Waals surface area contributed by atoms with Crippen LogP contribution in [0.15, 0.2) is 36.4 Å². The molecule has 0 atom stereocenters. The lowest BCUT2D eigenvalue weighted by molar-refractivity contribution is -0.118. The fraction of sp³-hybridized carbons (Fsp3) is 0.364. The molecular weight excluding hydrogens is 356 g/mol. The fourth-order valence-corrected chi connectivity index (χ4v) is 3.58. The van der Waals surface area contributed by atoms with Gasteiger partial charge in [-0.1, -0.05) is 12.1 Å². The van der Waals surface area contributed by atoms with Gasteiger partial charge in [0.05, 0.1) is 5.69 Å². The van der Waals surface area contributed by atoms with Gasteiger partial charge >= 0.3 is 0 Å². The zero-order valence-electron chi connectivity index (χ0n) is 16.2. The molecule has 28 heavy (non-hydrogen) atoms. The summed E-state index contributed by atoms with van der Waals surface area (Å²) in [7, 11) is 0. The van der Waals surface area contributed by atoms with E-state index >= 15 is 0 Å². The Hall–Kier alpha value is -3.02. The second-order valence-corrected chi connectivity index (χ2v) is 7.43. The second kappa shape index (κ2) is 7.54. The maximum Gasteiger partial charge on any atom is 0.262 e. The van der Waals surface area contributed by atoms with Crippen molar-refractivity contribution in [3.63, 3.8) is 0 Å². The summed E-state index contributed by atoms with van der Waals surface area (Å²) in [4.78, 5) is 26.1. The molecule has 2 aliphatic rings. The third-order valence-corrected chi connectivity index (χ3v) is 5.23. The summed E-state index contributed by atoms with van der Waals surface area (Å²) >= 11 is 0. The van der Waals surface area contributed by atoms with E-state index in [-0.39, 0.29) is 24.5 Å². The molecule has 1 saturated heterocycles. The number of piperidine rings is 1. The Labute approximate surface area is 164 Å². The minimum absolute atomic E-state index is 0.0199. The molecule has 6 nitrogen and oxygen atoms in total. The van der Waals surface area contributed by atoms with Gasteiger partial charge in [-0.3, -0.25) is 9.59 Å². The number of carbonyl (C=O) groups is 2. The fourth-order valence-electron chi connectivity index (χ4n) is 3.58. The number of hydrogen-bond donors (Lipinski definition) is 1. The number of hydrogen-bond acceptors (Lipinski definition) is 4. The van der Waals surface area contributed by atoms with Crippen LogP contribution in [-0.4, -0.2) is 42.5 Å². The molecule has 1 fully saturated rings. The predicted octanol–water partition coefficient (Wildman–Crippen LogP) is 3.32. The predicted molar refractivity (Wildman–Crippen MR) is 106 cm³/mol. The zero-order chi connectivity index (χ0) is 19.7. The van der Waals surface area contributed by atoms with Crippen molar-refractivity contribution in [1.29, 1.82) is 0 Å². The van der Waals surface area contributed by atoms with Crippen molar-refractivity contribution in [2.24, 2.45) is 0 Å². The van der Waals surface area contributed by atoms with E-state index in [4.69, 9.17) is 9.47 Å². The lowest BCUT2D eigenvalue weighted by Gasteiger charge is -2.32. The number of aryl methyl sites for hydroxylation is 2. The highest BCUT2D eigenvalue weighted by molar-refractivity contribution is 5.99. The molecule has 0 bridgehead atoms. The van der Waals surface area contributed by atoms with Gasteiger partial charge in [0.1, 0.15) is 17.6 Å². The van der Waals surface area contributed by atoms with Gasteiger partial charge < -0.3 is 19.7 Å². The van der Waals surface area contributed by atoms with Crippen LogP contribution in [0.5, 0.6) is 11.5 Å². The van der Waals surface area contributed by atoms with E-state index in [0.717, 1.165) is 24.2 Å². The molecule has 0 unspecified atom stereocenters. The number of ether oxygens (including phenoxy) is 2. The average Bonchev–Trinajstić information content (AvgIpc) is 2.70. The van der Waals surface area contributed by atoms with Crippen molar-refractivity contribution in [2.75, 3.05) is 25.0 Å². The largest absolute Gasteiger partial charge is 0.490 e. The van der Waals surface area contributed by atoms with Crippen LogP contribution in [0.25, 0.3) is 0 Å². The molecule has 0 spiro atoms. The van der Waals surface area contributed by atoms with Gasteiger partial charge in [-0.05, 0) is 49.2 Å². The van der Waals surface area contributed by atoms with Gasteiger partial charge in [0.15, 0.2) is 6.61 Å². The lowest BCUT2D eigenvalue weighted by Crippen LogP contribution is -2.41. The second-order valence-electron chi connectivity index (χ2n) is 7.43. The Morgan fingerprint density at radius 1 is 1.14 bits per heavy atom. The van der Waals surface area contributed by atoms with E-state index < -0.39 is 0 Å². The number of carbonyl (C=O) groups excluding carboxylic acids is 2. The third-order valence-electron chi connectivity index (χ3n) is 5.23. The minimum Gasteiger partial charge on any atom is -0.490 e. The summed E-state index contributed by atoms with van der Waals surface area (Å²) in [6.45, 7) is 5.40. The lowest BCUT2D eigenvalue weighted by atomic mass is 10.0. The van der Waals surface area contributed by atoms with Crippen LogP contribution in [0.1, 0.15) is 34.3 Å². The van der Waals surface area contributed by atoms with Crippen molar-refractivity contribution < 1.29 is 19.1 Å². The average molecular weight is 380 g/mol. The first kappa shape index (κ1) is 18.3. The number of amides is 2. The minimum atomic E-state index is -0.183. The number of fused-ring (bicyclic) bond motifs is 1. The van der Waals surface area contributed by atoms with Crippen molar-refractivity contribution in [1.82, 2.24) is 4.90 Å². The summed E-state index contributed by atoms with van der Waals surface area (Å²) in [6.07, 6.45) is 1.72. The Morgan fingerprint density at radius 2 is 1.93 bits per heavy atom. The molecule has 6 heteroatoms. The first-order valence-electron chi connectivity index (χ1n) is 9.59. The first-order chi connectivity index (χ1) is 13.5. The molecule has 2 aromatic carbocycles. The number of anilines is 1. The van der Waals surface area contributed by atoms with Crippen LogP contribution < -0.4 is 14.8 Å². The molecule has 0 radical (unpaired) electrons. The Kier molecular flexibility index (Phi) is 4.94. The highest BCUT2D eigenvalue weighted by Gasteiger charge is 2.26. The van der Waals surface area contributed by atoms with E-state index in [1.165, 1.54) is 5.56 Å². The van der Waals surface area contributed by atoms with Gasteiger partial charge in [0, 0.05) is 31.5 Å². The summed E-state index contributed by atoms with van der Waals surface area (Å²) in [5.41, 5.74) is 3.49. The molecule has 2 amide bonds. The molecular formula is C22H24N2O4. The zero-order valence-corrected chi connectivity index (χ0v) is 16.2. The van der Waals surface area contributed by atoms with Crippen LogP contribution in [-0.2, 0) is 4.79 Å². The van der Waals surface area contributed by atoms with Gasteiger partial charge in [-0.25, -0.2) is 0 Å². The molecule has 4 rings (SSSR count). The van der Waals surface area contributed by atoms with Gasteiger partial charge in [-0.15, -0.1) is 0 Å². The van der Waals surface area contributed by atoms with E-state index in [2.05, 4.69) is 30.4 Å². The standard InChI is InChI=1S/C22H24N2O4/c1-14-3-4-15(2)19(11-14)28-17-7-9-24(10-8-17)22(26)16-5-6-18-20(12-16)27-13-21(25)23-18/h3-6,11-12,17H,7-10,13H2,1-2H3,(H,23,25). The van der Waals surface area contributed by atoms with Gasteiger partial charge in [0.25, 0.3) is 11.8 Å². The van der Waals surface area contributed by atoms with Crippen molar-refractivity contribution in [2.45, 2.75) is 32.8 Å². The highest BCUT2D eigenvalue weighted by atomic mass is 16.5. The maximum atomic E-state index is 12.9. The molecule has 2 aromatic rings. The molecule has 1 N–H and O–H groups in total. The normalized spacial score (nSPS) is 16.8. The molecule has 0 aliphatic carbocycles. The Bertz CT molecular complexity index is 917. The van der Waals surface area contributed by atoms with Gasteiger partial charge in [-0.2, -0.15) is 0 Å². The third kappa shape index (κ3) is 3.81. The number of benzene rings is 2. The Balaban J connectivity index is 1.38. The van der Waals surface area contributed by atoms with Crippen LogP contribution in [0, 0.1) is 13.8 Å². The van der Waals surface area contributed by atoms with Gasteiger partial charge in [0.2, 0.25) is 0 Å². The monoisotopic (exact) mass is 380 g/mol. The highest BCUT2D eigenvalue weighted by Crippen LogP contribution is 2.30. The van der Waals surface area contributed by atoms with Crippen molar-refractivity contribution >= 4 is 17.5 Å². The van der Waals surface area contributed by atoms with E-state index in [9.17, 15) is 9.59 Å². The summed E-state index contributed by atoms with van der Waals surface area (Å²) < 4.78 is 11.6. The maximum absolute atomic E-state index is 12.9. The summed E-state index contributed by atoms with van der Waals surface area (Å²) in [5.74, 6) is 1.27. The Morgan fingerprint density at radius 3 is 2.71 bits per heavy atom. The first-order valence-corrected chi connectivity index (χ1v) is 9.59. The van der Waals surface area contributed by atoms with E-state index in [1.807, 2.05) is 11.8 Å². The summed E-state index contributed by atoms with van der Waals surface area (Å²) in [6, 6.07) is 11.4. The molecule has 0 saturated carbocycles. The van der Waals surface area contributed by atoms with E-state index in [0.29, 0.717) is 30.1 Å². The molecule has 2 aliphatic heterocycles. The van der Waals surface area contributed by atoms with E-state index in [1.54, 1.807) is 18.2 Å². The number of likely N-dealkylation sites (tertiary alicyclic amines) is 1. The molecule has 2 heterocycles. The number of nitrogens with zero attached hydrogens (tertiary/aromatic N) is 1. The smallest absolute Gasteiger partial charge is 0.262 e. The summed E-state index contributed by atoms with van der Waals surface area (Å²) in [5, 5.41) is 2.74. The number of rotatable bonds is 3. The topological polar surface area (TPSA) is 67.9 Å². The quantitative estimate of drug-likeness (QED) is 0.887. The van der Waals surface area contributed by atoms with Crippen LogP contribution in [0.3, 0.4) is 0 Å². The molecule has 0 aromatic heterocycles. The van der Waals surface area contributed by atoms with Crippen LogP contribution in [0.4, 0.5) is 5.69 Å². The van der Waals surface area contributed by atoms with Crippen LogP contribution >= 0.6 is 0 Å². The SMILES string of the molecule is Cc1ccc(C)c(OC2CCN(C(=O)c3ccc4c(c3)OCC(=O)N4)CC2)c1.